The van der Waals surface area contributed by atoms with Gasteiger partial charge in [-0.05, 0) is 6.42 Å². The number of hydrogen-bond acceptors (Lipinski definition) is 6. The molecule has 0 saturated carbocycles. The lowest BCUT2D eigenvalue weighted by molar-refractivity contribution is -0.412. The molecular weight excluding hydrogens is 202 g/mol. The second-order valence-corrected chi connectivity index (χ2v) is 3.39. The second-order valence-electron chi connectivity index (χ2n) is 3.39. The molecule has 1 aliphatic heterocycles. The van der Waals surface area contributed by atoms with Gasteiger partial charge < -0.3 is 24.2 Å². The third-order valence-electron chi connectivity index (χ3n) is 2.88. The number of nitrogens with zero attached hydrogens (tertiary/aromatic N) is 1. The second kappa shape index (κ2) is 4.73. The highest BCUT2D eigenvalue weighted by Crippen LogP contribution is 2.39. The van der Waals surface area contributed by atoms with Crippen LogP contribution in [0.25, 0.3) is 0 Å². The topological polar surface area (TPSA) is 63.2 Å². The molecule has 1 fully saturated rings. The van der Waals surface area contributed by atoms with Gasteiger partial charge in [0.25, 0.3) is 0 Å². The minimum absolute atomic E-state index is 0.484. The number of piperidine rings is 1. The van der Waals surface area contributed by atoms with E-state index in [0.29, 0.717) is 17.9 Å². The fraction of sp³-hybridized carbons (Fsp3) is 1.00. The first kappa shape index (κ1) is 12.8. The van der Waals surface area contributed by atoms with Crippen LogP contribution in [0, 0.1) is 5.21 Å². The van der Waals surface area contributed by atoms with Crippen molar-refractivity contribution in [3.05, 3.63) is 5.21 Å². The Morgan fingerprint density at radius 3 is 1.47 bits per heavy atom. The zero-order chi connectivity index (χ0) is 11.5. The largest absolute Gasteiger partial charge is 0.778 e. The number of methoxy groups -OCH3 is 4. The Hall–Kier alpha value is -0.240. The summed E-state index contributed by atoms with van der Waals surface area (Å²) in [7, 11) is 5.71. The van der Waals surface area contributed by atoms with Crippen LogP contribution in [0.1, 0.15) is 19.3 Å². The van der Waals surface area contributed by atoms with Gasteiger partial charge in [-0.3, -0.25) is 5.06 Å². The third kappa shape index (κ3) is 1.89. The maximum absolute atomic E-state index is 12.1. The summed E-state index contributed by atoms with van der Waals surface area (Å²) >= 11 is 0. The van der Waals surface area contributed by atoms with Crippen molar-refractivity contribution in [2.45, 2.75) is 31.1 Å². The van der Waals surface area contributed by atoms with E-state index in [1.165, 1.54) is 28.4 Å². The van der Waals surface area contributed by atoms with Crippen molar-refractivity contribution in [2.75, 3.05) is 28.4 Å². The molecule has 15 heavy (non-hydrogen) atoms. The maximum Gasteiger partial charge on any atom is 0.221 e. The van der Waals surface area contributed by atoms with E-state index in [9.17, 15) is 5.21 Å². The summed E-state index contributed by atoms with van der Waals surface area (Å²) in [5.41, 5.74) is 0. The molecule has 0 atom stereocenters. The van der Waals surface area contributed by atoms with E-state index in [-0.39, 0.29) is 0 Å². The van der Waals surface area contributed by atoms with Crippen molar-refractivity contribution in [3.8, 4) is 0 Å². The summed E-state index contributed by atoms with van der Waals surface area (Å²) < 4.78 is 20.5. The molecular formula is C9H18NO5-. The highest BCUT2D eigenvalue weighted by molar-refractivity contribution is 4.86. The SMILES string of the molecule is COC1(OC)CCCC(OC)(OC)N1[O-]. The van der Waals surface area contributed by atoms with Crippen LogP contribution in [0.3, 0.4) is 0 Å². The van der Waals surface area contributed by atoms with E-state index in [2.05, 4.69) is 0 Å². The third-order valence-corrected chi connectivity index (χ3v) is 2.88. The van der Waals surface area contributed by atoms with Gasteiger partial charge in [-0.25, -0.2) is 0 Å². The first-order valence-corrected chi connectivity index (χ1v) is 4.79. The zero-order valence-electron chi connectivity index (χ0n) is 9.61. The maximum atomic E-state index is 12.1. The first-order valence-electron chi connectivity index (χ1n) is 4.79. The predicted molar refractivity (Wildman–Crippen MR) is 52.6 cm³/mol. The average molecular weight is 220 g/mol. The first-order chi connectivity index (χ1) is 7.10. The molecule has 0 spiro atoms. The van der Waals surface area contributed by atoms with Gasteiger partial charge in [0.1, 0.15) is 0 Å². The molecule has 0 N–H and O–H groups in total. The van der Waals surface area contributed by atoms with Crippen molar-refractivity contribution in [1.82, 2.24) is 5.06 Å². The molecule has 0 unspecified atom stereocenters. The van der Waals surface area contributed by atoms with Gasteiger partial charge in [-0.1, -0.05) is 0 Å². The predicted octanol–water partition coefficient (Wildman–Crippen LogP) is 0.863. The summed E-state index contributed by atoms with van der Waals surface area (Å²) in [6.45, 7) is 0. The standard InChI is InChI=1S/C9H18NO5/c1-12-8(13-2)6-5-7-9(14-3,15-4)10(8)11/h5-7H2,1-4H3/q-1. The molecule has 6 nitrogen and oxygen atoms in total. The molecule has 0 aromatic carbocycles. The van der Waals surface area contributed by atoms with E-state index in [0.717, 1.165) is 6.42 Å². The molecule has 0 bridgehead atoms. The Balaban J connectivity index is 2.95. The fourth-order valence-corrected chi connectivity index (χ4v) is 1.90. The van der Waals surface area contributed by atoms with Crippen LogP contribution < -0.4 is 0 Å². The molecule has 0 aromatic rings. The lowest BCUT2D eigenvalue weighted by Crippen LogP contribution is -2.64. The van der Waals surface area contributed by atoms with E-state index in [1.54, 1.807) is 0 Å². The Morgan fingerprint density at radius 2 is 1.20 bits per heavy atom. The molecule has 0 aromatic heterocycles. The Morgan fingerprint density at radius 1 is 0.867 bits per heavy atom. The highest BCUT2D eigenvalue weighted by Gasteiger charge is 2.48. The highest BCUT2D eigenvalue weighted by atomic mass is 16.8. The van der Waals surface area contributed by atoms with Gasteiger partial charge in [-0.15, -0.1) is 0 Å². The lowest BCUT2D eigenvalue weighted by Gasteiger charge is -2.57. The monoisotopic (exact) mass is 220 g/mol. The molecule has 0 radical (unpaired) electrons. The molecule has 1 aliphatic rings. The van der Waals surface area contributed by atoms with E-state index < -0.39 is 11.8 Å². The number of hydrogen-bond donors (Lipinski definition) is 0. The Kier molecular flexibility index (Phi) is 4.05. The van der Waals surface area contributed by atoms with Gasteiger partial charge >= 0.3 is 0 Å². The van der Waals surface area contributed by atoms with Crippen molar-refractivity contribution >= 4 is 0 Å². The zero-order valence-corrected chi connectivity index (χ0v) is 9.61. The van der Waals surface area contributed by atoms with Crippen molar-refractivity contribution in [2.24, 2.45) is 0 Å². The van der Waals surface area contributed by atoms with Gasteiger partial charge in [0, 0.05) is 41.3 Å². The molecule has 0 amide bonds. The number of rotatable bonds is 4. The summed E-state index contributed by atoms with van der Waals surface area (Å²) in [6.07, 6.45) is 1.69. The number of hydroxylamine groups is 2. The minimum atomic E-state index is -1.32. The van der Waals surface area contributed by atoms with Crippen molar-refractivity contribution < 1.29 is 18.9 Å². The van der Waals surface area contributed by atoms with E-state index >= 15 is 0 Å². The lowest BCUT2D eigenvalue weighted by atomic mass is 10.1. The Labute approximate surface area is 89.6 Å². The van der Waals surface area contributed by atoms with Crippen LogP contribution in [-0.2, 0) is 18.9 Å². The minimum Gasteiger partial charge on any atom is -0.778 e. The van der Waals surface area contributed by atoms with Gasteiger partial charge in [0.2, 0.25) is 11.8 Å². The van der Waals surface area contributed by atoms with Crippen LogP contribution in [0.5, 0.6) is 0 Å². The summed E-state index contributed by atoms with van der Waals surface area (Å²) in [5, 5.41) is 12.7. The molecule has 6 heteroatoms. The molecule has 90 valence electrons. The normalized spacial score (nSPS) is 25.4. The van der Waals surface area contributed by atoms with Crippen molar-refractivity contribution in [3.63, 3.8) is 0 Å². The van der Waals surface area contributed by atoms with Gasteiger partial charge in [0.05, 0.1) is 0 Å². The summed E-state index contributed by atoms with van der Waals surface area (Å²) in [6, 6.07) is 0. The van der Waals surface area contributed by atoms with Crippen LogP contribution in [-0.4, -0.2) is 45.3 Å². The fourth-order valence-electron chi connectivity index (χ4n) is 1.90. The van der Waals surface area contributed by atoms with Gasteiger partial charge in [-0.2, -0.15) is 0 Å². The summed E-state index contributed by atoms with van der Waals surface area (Å²) in [4.78, 5) is 0. The van der Waals surface area contributed by atoms with Crippen LogP contribution in [0.2, 0.25) is 0 Å². The molecule has 0 aliphatic carbocycles. The van der Waals surface area contributed by atoms with Crippen LogP contribution in [0.4, 0.5) is 0 Å². The summed E-state index contributed by atoms with van der Waals surface area (Å²) in [5.74, 6) is -2.63. The van der Waals surface area contributed by atoms with E-state index in [1.807, 2.05) is 0 Å². The number of ether oxygens (including phenoxy) is 4. The smallest absolute Gasteiger partial charge is 0.221 e. The van der Waals surface area contributed by atoms with Gasteiger partial charge in [0.15, 0.2) is 0 Å². The van der Waals surface area contributed by atoms with E-state index in [4.69, 9.17) is 18.9 Å². The van der Waals surface area contributed by atoms with Crippen LogP contribution in [0.15, 0.2) is 0 Å². The average Bonchev–Trinajstić information content (AvgIpc) is 2.30. The van der Waals surface area contributed by atoms with Crippen molar-refractivity contribution in [1.29, 1.82) is 0 Å². The molecule has 1 rings (SSSR count). The quantitative estimate of drug-likeness (QED) is 0.655. The molecule has 1 saturated heterocycles. The Bertz CT molecular complexity index is 183. The molecule has 1 heterocycles. The van der Waals surface area contributed by atoms with Crippen LogP contribution >= 0.6 is 0 Å².